The van der Waals surface area contributed by atoms with E-state index >= 15 is 0 Å². The van der Waals surface area contributed by atoms with E-state index in [2.05, 4.69) is 21.5 Å². The number of rotatable bonds is 5. The van der Waals surface area contributed by atoms with Crippen LogP contribution in [-0.4, -0.2) is 48.0 Å². The Bertz CT molecular complexity index is 859. The van der Waals surface area contributed by atoms with Crippen molar-refractivity contribution in [3.8, 4) is 11.3 Å². The summed E-state index contributed by atoms with van der Waals surface area (Å²) in [4.78, 5) is 12.7. The van der Waals surface area contributed by atoms with Crippen LogP contribution >= 0.6 is 0 Å². The van der Waals surface area contributed by atoms with Crippen LogP contribution in [0.2, 0.25) is 0 Å². The second-order valence-corrected chi connectivity index (χ2v) is 7.95. The number of nitrogens with zero attached hydrogens (tertiary/aromatic N) is 2. The molecule has 2 aliphatic heterocycles. The molecule has 4 heterocycles. The van der Waals surface area contributed by atoms with Gasteiger partial charge in [0.05, 0.1) is 11.8 Å². The van der Waals surface area contributed by atoms with Crippen molar-refractivity contribution in [1.29, 1.82) is 0 Å². The first-order valence-corrected chi connectivity index (χ1v) is 9.98. The lowest BCUT2D eigenvalue weighted by Gasteiger charge is -2.26. The maximum atomic E-state index is 12.7. The molecule has 27 heavy (non-hydrogen) atoms. The van der Waals surface area contributed by atoms with Gasteiger partial charge in [0.15, 0.2) is 5.76 Å². The van der Waals surface area contributed by atoms with Crippen LogP contribution in [0.3, 0.4) is 0 Å². The highest BCUT2D eigenvalue weighted by Crippen LogP contribution is 2.38. The van der Waals surface area contributed by atoms with Gasteiger partial charge in [-0.15, -0.1) is 0 Å². The normalized spacial score (nSPS) is 21.6. The molecular formula is C20H26N4O3. The number of nitrogens with one attached hydrogen (secondary N) is 2. The summed E-state index contributed by atoms with van der Waals surface area (Å²) in [6.07, 6.45) is 6.10. The van der Waals surface area contributed by atoms with E-state index in [0.29, 0.717) is 18.2 Å². The van der Waals surface area contributed by atoms with Gasteiger partial charge in [-0.1, -0.05) is 0 Å². The van der Waals surface area contributed by atoms with E-state index in [1.54, 1.807) is 0 Å². The summed E-state index contributed by atoms with van der Waals surface area (Å²) >= 11 is 0. The molecule has 0 spiro atoms. The van der Waals surface area contributed by atoms with Crippen molar-refractivity contribution in [2.75, 3.05) is 26.2 Å². The van der Waals surface area contributed by atoms with E-state index in [4.69, 9.17) is 14.3 Å². The van der Waals surface area contributed by atoms with Crippen LogP contribution in [0.1, 0.15) is 40.3 Å². The van der Waals surface area contributed by atoms with Gasteiger partial charge in [-0.25, -0.2) is 0 Å². The fourth-order valence-corrected chi connectivity index (χ4v) is 4.31. The Hall–Kier alpha value is -2.12. The van der Waals surface area contributed by atoms with Crippen molar-refractivity contribution < 1.29 is 13.9 Å². The summed E-state index contributed by atoms with van der Waals surface area (Å²) in [5, 5.41) is 11.1. The molecule has 2 aromatic rings. The molecule has 3 aliphatic rings. The molecule has 2 fully saturated rings. The number of aromatic nitrogens is 2. The minimum absolute atomic E-state index is 0.127. The van der Waals surface area contributed by atoms with E-state index in [1.807, 2.05) is 6.92 Å². The van der Waals surface area contributed by atoms with Crippen LogP contribution in [0, 0.1) is 12.8 Å². The molecule has 1 aliphatic carbocycles. The quantitative estimate of drug-likeness (QED) is 0.837. The highest BCUT2D eigenvalue weighted by atomic mass is 16.5. The first kappa shape index (κ1) is 17.0. The van der Waals surface area contributed by atoms with Crippen LogP contribution in [0.5, 0.6) is 0 Å². The SMILES string of the molecule is Cc1c(C(=O)NC[C@@H]2CCCO2)oc2c1-c1nn(CC3CNC3)cc1CC2. The fourth-order valence-electron chi connectivity index (χ4n) is 4.31. The monoisotopic (exact) mass is 370 g/mol. The van der Waals surface area contributed by atoms with E-state index in [-0.39, 0.29) is 12.0 Å². The van der Waals surface area contributed by atoms with Gasteiger partial charge in [-0.05, 0) is 31.7 Å². The van der Waals surface area contributed by atoms with Crippen LogP contribution in [0.15, 0.2) is 10.6 Å². The van der Waals surface area contributed by atoms with Gasteiger partial charge in [0.25, 0.3) is 5.91 Å². The largest absolute Gasteiger partial charge is 0.455 e. The zero-order valence-electron chi connectivity index (χ0n) is 15.7. The van der Waals surface area contributed by atoms with E-state index < -0.39 is 0 Å². The Morgan fingerprint density at radius 1 is 1.41 bits per heavy atom. The Balaban J connectivity index is 1.37. The summed E-state index contributed by atoms with van der Waals surface area (Å²) in [6, 6.07) is 0. The molecule has 5 rings (SSSR count). The van der Waals surface area contributed by atoms with Crippen LogP contribution < -0.4 is 10.6 Å². The smallest absolute Gasteiger partial charge is 0.287 e. The molecule has 2 saturated heterocycles. The van der Waals surface area contributed by atoms with Crippen LogP contribution in [0.25, 0.3) is 11.3 Å². The summed E-state index contributed by atoms with van der Waals surface area (Å²) < 4.78 is 13.6. The highest BCUT2D eigenvalue weighted by molar-refractivity contribution is 5.95. The van der Waals surface area contributed by atoms with Crippen molar-refractivity contribution >= 4 is 5.91 Å². The lowest BCUT2D eigenvalue weighted by molar-refractivity contribution is 0.0833. The lowest BCUT2D eigenvalue weighted by atomic mass is 9.93. The number of amides is 1. The number of hydrogen-bond acceptors (Lipinski definition) is 5. The minimum atomic E-state index is -0.154. The zero-order chi connectivity index (χ0) is 18.4. The Morgan fingerprint density at radius 2 is 2.30 bits per heavy atom. The van der Waals surface area contributed by atoms with Gasteiger partial charge in [0.1, 0.15) is 5.76 Å². The molecule has 0 unspecified atom stereocenters. The molecule has 144 valence electrons. The van der Waals surface area contributed by atoms with E-state index in [1.165, 1.54) is 5.56 Å². The fraction of sp³-hybridized carbons (Fsp3) is 0.600. The molecule has 2 N–H and O–H groups in total. The number of carbonyl (C=O) groups is 1. The summed E-state index contributed by atoms with van der Waals surface area (Å²) in [7, 11) is 0. The lowest BCUT2D eigenvalue weighted by Crippen LogP contribution is -2.44. The number of aryl methyl sites for hydroxylation is 2. The minimum Gasteiger partial charge on any atom is -0.455 e. The molecule has 7 heteroatoms. The van der Waals surface area contributed by atoms with Gasteiger partial charge >= 0.3 is 0 Å². The second kappa shape index (κ2) is 6.80. The van der Waals surface area contributed by atoms with Crippen molar-refractivity contribution in [1.82, 2.24) is 20.4 Å². The third-order valence-electron chi connectivity index (χ3n) is 5.95. The predicted molar refractivity (Wildman–Crippen MR) is 99.7 cm³/mol. The van der Waals surface area contributed by atoms with Gasteiger partial charge in [0, 0.05) is 62.4 Å². The van der Waals surface area contributed by atoms with Gasteiger partial charge in [-0.3, -0.25) is 9.48 Å². The van der Waals surface area contributed by atoms with Crippen LogP contribution in [-0.2, 0) is 24.1 Å². The average Bonchev–Trinajstić information content (AvgIpc) is 3.34. The summed E-state index contributed by atoms with van der Waals surface area (Å²) in [5.41, 5.74) is 4.16. The first-order chi connectivity index (χ1) is 13.2. The van der Waals surface area contributed by atoms with Crippen molar-refractivity contribution in [2.24, 2.45) is 5.92 Å². The average molecular weight is 370 g/mol. The molecule has 0 radical (unpaired) electrons. The van der Waals surface area contributed by atoms with Gasteiger partial charge in [-0.2, -0.15) is 5.10 Å². The number of hydrogen-bond donors (Lipinski definition) is 2. The highest BCUT2D eigenvalue weighted by Gasteiger charge is 2.30. The Labute approximate surface area is 158 Å². The first-order valence-electron chi connectivity index (χ1n) is 9.98. The molecule has 2 aromatic heterocycles. The number of fused-ring (bicyclic) bond motifs is 3. The van der Waals surface area contributed by atoms with Crippen molar-refractivity contribution in [2.45, 2.75) is 45.3 Å². The predicted octanol–water partition coefficient (Wildman–Crippen LogP) is 1.68. The van der Waals surface area contributed by atoms with Gasteiger partial charge < -0.3 is 19.8 Å². The third-order valence-corrected chi connectivity index (χ3v) is 5.95. The second-order valence-electron chi connectivity index (χ2n) is 7.95. The zero-order valence-corrected chi connectivity index (χ0v) is 15.7. The maximum Gasteiger partial charge on any atom is 0.287 e. The third kappa shape index (κ3) is 3.08. The topological polar surface area (TPSA) is 81.3 Å². The number of furan rings is 1. The Morgan fingerprint density at radius 3 is 3.04 bits per heavy atom. The van der Waals surface area contributed by atoms with Crippen molar-refractivity contribution in [3.05, 3.63) is 28.8 Å². The summed E-state index contributed by atoms with van der Waals surface area (Å²) in [5.74, 6) is 1.82. The molecular weight excluding hydrogens is 344 g/mol. The molecule has 0 saturated carbocycles. The maximum absolute atomic E-state index is 12.7. The Kier molecular flexibility index (Phi) is 4.28. The molecule has 0 bridgehead atoms. The van der Waals surface area contributed by atoms with E-state index in [9.17, 15) is 4.79 Å². The molecule has 7 nitrogen and oxygen atoms in total. The number of ether oxygens (including phenoxy) is 1. The van der Waals surface area contributed by atoms with E-state index in [0.717, 1.165) is 74.5 Å². The standard InChI is InChI=1S/C20H26N4O3/c1-12-17-16(27-19(12)20(25)22-9-15-3-2-6-26-15)5-4-14-11-24(23-18(14)17)10-13-7-21-8-13/h11,13,15,21H,2-10H2,1H3,(H,22,25)/t15-/m0/s1. The summed E-state index contributed by atoms with van der Waals surface area (Å²) in [6.45, 7) is 6.37. The molecule has 0 aromatic carbocycles. The molecule has 1 atom stereocenters. The van der Waals surface area contributed by atoms with Crippen molar-refractivity contribution in [3.63, 3.8) is 0 Å². The van der Waals surface area contributed by atoms with Crippen LogP contribution in [0.4, 0.5) is 0 Å². The number of carbonyl (C=O) groups excluding carboxylic acids is 1. The molecule has 1 amide bonds. The van der Waals surface area contributed by atoms with Gasteiger partial charge in [0.2, 0.25) is 0 Å².